The Morgan fingerprint density at radius 3 is 2.41 bits per heavy atom. The van der Waals surface area contributed by atoms with Gasteiger partial charge in [0.15, 0.2) is 6.04 Å². The van der Waals surface area contributed by atoms with Gasteiger partial charge in [0.25, 0.3) is 5.91 Å². The zero-order valence-corrected chi connectivity index (χ0v) is 15.7. The number of benzene rings is 2. The van der Waals surface area contributed by atoms with E-state index in [0.29, 0.717) is 12.3 Å². The quantitative estimate of drug-likeness (QED) is 0.641. The van der Waals surface area contributed by atoms with Crippen LogP contribution in [-0.2, 0) is 4.79 Å². The molecule has 3 N–H and O–H groups in total. The van der Waals surface area contributed by atoms with Gasteiger partial charge in [-0.2, -0.15) is 0 Å². The topological polar surface area (TPSA) is 47.2 Å². The van der Waals surface area contributed by atoms with Crippen molar-refractivity contribution in [3.8, 4) is 5.75 Å². The van der Waals surface area contributed by atoms with E-state index in [1.807, 2.05) is 37.3 Å². The summed E-state index contributed by atoms with van der Waals surface area (Å²) in [4.78, 5) is 15.3. The summed E-state index contributed by atoms with van der Waals surface area (Å²) >= 11 is 0. The normalized spacial score (nSPS) is 20.7. The summed E-state index contributed by atoms with van der Waals surface area (Å²) < 4.78 is 18.7. The number of anilines is 1. The smallest absolute Gasteiger partial charge is 0.282 e. The van der Waals surface area contributed by atoms with E-state index in [9.17, 15) is 9.18 Å². The maximum Gasteiger partial charge on any atom is 0.282 e. The summed E-state index contributed by atoms with van der Waals surface area (Å²) in [6.07, 6.45) is 0. The molecule has 1 amide bonds. The van der Waals surface area contributed by atoms with Crippen molar-refractivity contribution in [2.75, 3.05) is 44.6 Å². The second-order valence-electron chi connectivity index (χ2n) is 7.04. The second-order valence-corrected chi connectivity index (χ2v) is 7.04. The molecule has 0 radical (unpaired) electrons. The van der Waals surface area contributed by atoms with Crippen LogP contribution >= 0.6 is 0 Å². The van der Waals surface area contributed by atoms with E-state index in [1.165, 1.54) is 21.9 Å². The van der Waals surface area contributed by atoms with Gasteiger partial charge in [-0.05, 0) is 43.3 Å². The molecule has 144 valence electrons. The standard InChI is InChI=1S/C21H26FN3O2/c1-17(21(26)23-19-9-7-18(22)8-10-19)25-13-11-24(12-14-25)15-16-27-20-5-3-2-4-6-20/h2-10,17H,11-16H2,1H3,(H,23,26)/p+2/t17-/m1/s1. The highest BCUT2D eigenvalue weighted by atomic mass is 19.1. The maximum absolute atomic E-state index is 13.0. The first-order valence-corrected chi connectivity index (χ1v) is 9.54. The molecule has 0 aromatic heterocycles. The largest absolute Gasteiger partial charge is 0.488 e. The van der Waals surface area contributed by atoms with E-state index in [-0.39, 0.29) is 17.8 Å². The maximum atomic E-state index is 13.0. The average molecular weight is 373 g/mol. The number of hydrogen-bond acceptors (Lipinski definition) is 2. The fourth-order valence-corrected chi connectivity index (χ4v) is 3.41. The minimum Gasteiger partial charge on any atom is -0.488 e. The van der Waals surface area contributed by atoms with Gasteiger partial charge >= 0.3 is 0 Å². The summed E-state index contributed by atoms with van der Waals surface area (Å²) in [7, 11) is 0. The summed E-state index contributed by atoms with van der Waals surface area (Å²) in [5.41, 5.74) is 0.634. The monoisotopic (exact) mass is 373 g/mol. The third-order valence-corrected chi connectivity index (χ3v) is 5.18. The third-order valence-electron chi connectivity index (χ3n) is 5.18. The van der Waals surface area contributed by atoms with Crippen LogP contribution in [0.5, 0.6) is 5.75 Å². The molecule has 0 unspecified atom stereocenters. The zero-order chi connectivity index (χ0) is 19.1. The Labute approximate surface area is 159 Å². The molecule has 0 aliphatic carbocycles. The van der Waals surface area contributed by atoms with E-state index >= 15 is 0 Å². The molecule has 6 heteroatoms. The number of carbonyl (C=O) groups is 1. The van der Waals surface area contributed by atoms with Crippen LogP contribution in [0.1, 0.15) is 6.92 Å². The Bertz CT molecular complexity index is 716. The van der Waals surface area contributed by atoms with Crippen molar-refractivity contribution in [1.29, 1.82) is 0 Å². The summed E-state index contributed by atoms with van der Waals surface area (Å²) in [5.74, 6) is 0.585. The zero-order valence-electron chi connectivity index (χ0n) is 15.7. The fourth-order valence-electron chi connectivity index (χ4n) is 3.41. The Hall–Kier alpha value is -2.44. The molecule has 5 nitrogen and oxygen atoms in total. The van der Waals surface area contributed by atoms with Gasteiger partial charge in [0.1, 0.15) is 50.9 Å². The van der Waals surface area contributed by atoms with Crippen molar-refractivity contribution in [3.63, 3.8) is 0 Å². The highest BCUT2D eigenvalue weighted by Crippen LogP contribution is 2.08. The van der Waals surface area contributed by atoms with Crippen LogP contribution in [-0.4, -0.2) is 51.3 Å². The predicted molar refractivity (Wildman–Crippen MR) is 103 cm³/mol. The van der Waals surface area contributed by atoms with E-state index in [0.717, 1.165) is 38.5 Å². The van der Waals surface area contributed by atoms with Crippen molar-refractivity contribution < 1.29 is 23.7 Å². The number of piperazine rings is 1. The van der Waals surface area contributed by atoms with Crippen LogP contribution in [0.4, 0.5) is 10.1 Å². The molecular weight excluding hydrogens is 345 g/mol. The van der Waals surface area contributed by atoms with Crippen LogP contribution in [0.2, 0.25) is 0 Å². The van der Waals surface area contributed by atoms with Crippen LogP contribution in [0.25, 0.3) is 0 Å². The van der Waals surface area contributed by atoms with Crippen LogP contribution in [0.15, 0.2) is 54.6 Å². The van der Waals surface area contributed by atoms with Gasteiger partial charge in [-0.1, -0.05) is 18.2 Å². The lowest BCUT2D eigenvalue weighted by Gasteiger charge is -2.32. The molecule has 1 aliphatic rings. The molecule has 0 saturated carbocycles. The number of nitrogens with one attached hydrogen (secondary N) is 3. The van der Waals surface area contributed by atoms with Gasteiger partial charge in [0.2, 0.25) is 0 Å². The number of quaternary nitrogens is 2. The second kappa shape index (κ2) is 9.48. The molecular formula is C21H28FN3O2+2. The highest BCUT2D eigenvalue weighted by Gasteiger charge is 2.30. The Balaban J connectivity index is 1.38. The first-order valence-electron chi connectivity index (χ1n) is 9.54. The molecule has 27 heavy (non-hydrogen) atoms. The van der Waals surface area contributed by atoms with Crippen LogP contribution in [0.3, 0.4) is 0 Å². The first-order chi connectivity index (χ1) is 13.1. The molecule has 0 bridgehead atoms. The van der Waals surface area contributed by atoms with Crippen molar-refractivity contribution >= 4 is 11.6 Å². The van der Waals surface area contributed by atoms with E-state index in [4.69, 9.17) is 4.74 Å². The number of para-hydroxylation sites is 1. The van der Waals surface area contributed by atoms with Gasteiger partial charge in [-0.3, -0.25) is 4.79 Å². The fraction of sp³-hybridized carbons (Fsp3) is 0.381. The van der Waals surface area contributed by atoms with Gasteiger partial charge in [0, 0.05) is 5.69 Å². The summed E-state index contributed by atoms with van der Waals surface area (Å²) in [5, 5.41) is 2.88. The summed E-state index contributed by atoms with van der Waals surface area (Å²) in [6, 6.07) is 15.6. The third kappa shape index (κ3) is 5.77. The van der Waals surface area contributed by atoms with E-state index in [2.05, 4.69) is 5.32 Å². The van der Waals surface area contributed by atoms with Gasteiger partial charge < -0.3 is 19.9 Å². The minimum atomic E-state index is -0.304. The minimum absolute atomic E-state index is 0.0209. The predicted octanol–water partition coefficient (Wildman–Crippen LogP) is 0.0151. The number of hydrogen-bond donors (Lipinski definition) is 3. The summed E-state index contributed by atoms with van der Waals surface area (Å²) in [6.45, 7) is 7.60. The molecule has 2 aromatic carbocycles. The molecule has 1 fully saturated rings. The number of rotatable bonds is 7. The molecule has 3 rings (SSSR count). The van der Waals surface area contributed by atoms with E-state index in [1.54, 1.807) is 12.1 Å². The number of ether oxygens (including phenoxy) is 1. The van der Waals surface area contributed by atoms with Crippen molar-refractivity contribution in [2.45, 2.75) is 13.0 Å². The molecule has 1 atom stereocenters. The Kier molecular flexibility index (Phi) is 6.79. The van der Waals surface area contributed by atoms with Crippen molar-refractivity contribution in [1.82, 2.24) is 0 Å². The van der Waals surface area contributed by atoms with Crippen molar-refractivity contribution in [2.24, 2.45) is 0 Å². The lowest BCUT2D eigenvalue weighted by Crippen LogP contribution is -3.30. The average Bonchev–Trinajstić information content (AvgIpc) is 2.70. The van der Waals surface area contributed by atoms with Crippen LogP contribution in [0, 0.1) is 5.82 Å². The van der Waals surface area contributed by atoms with Gasteiger partial charge in [0.05, 0.1) is 0 Å². The van der Waals surface area contributed by atoms with Gasteiger partial charge in [-0.15, -0.1) is 0 Å². The molecule has 1 heterocycles. The number of amides is 1. The highest BCUT2D eigenvalue weighted by molar-refractivity contribution is 5.93. The van der Waals surface area contributed by atoms with E-state index < -0.39 is 0 Å². The number of halogens is 1. The van der Waals surface area contributed by atoms with Crippen LogP contribution < -0.4 is 19.9 Å². The Morgan fingerprint density at radius 1 is 1.07 bits per heavy atom. The molecule has 1 saturated heterocycles. The molecule has 2 aromatic rings. The molecule has 0 spiro atoms. The SMILES string of the molecule is C[C@H](C(=O)Nc1ccc(F)cc1)[NH+]1CC[NH+](CCOc2ccccc2)CC1. The molecule has 1 aliphatic heterocycles. The lowest BCUT2D eigenvalue weighted by molar-refractivity contribution is -1.02. The lowest BCUT2D eigenvalue weighted by atomic mass is 10.2. The first kappa shape index (κ1) is 19.3. The number of carbonyl (C=O) groups excluding carboxylic acids is 1. The van der Waals surface area contributed by atoms with Crippen molar-refractivity contribution in [3.05, 3.63) is 60.4 Å². The van der Waals surface area contributed by atoms with Gasteiger partial charge in [-0.25, -0.2) is 4.39 Å². The Morgan fingerprint density at radius 2 is 1.74 bits per heavy atom.